The van der Waals surface area contributed by atoms with Crippen LogP contribution in [0.1, 0.15) is 27.5 Å². The average Bonchev–Trinajstić information content (AvgIpc) is 3.16. The molecule has 2 aromatic heterocycles. The molecule has 2 amide bonds. The number of hydrogen-bond donors (Lipinski definition) is 3. The van der Waals surface area contributed by atoms with Gasteiger partial charge in [0.1, 0.15) is 0 Å². The first-order valence-corrected chi connectivity index (χ1v) is 9.67. The number of carbonyl (C=O) groups is 2. The van der Waals surface area contributed by atoms with Gasteiger partial charge in [-0.1, -0.05) is 11.8 Å². The molecule has 0 radical (unpaired) electrons. The zero-order valence-corrected chi connectivity index (χ0v) is 16.9. The second kappa shape index (κ2) is 8.78. The van der Waals surface area contributed by atoms with E-state index in [9.17, 15) is 19.2 Å². The van der Waals surface area contributed by atoms with Gasteiger partial charge < -0.3 is 20.5 Å². The number of nitrogens with zero attached hydrogens (tertiary/aromatic N) is 3. The van der Waals surface area contributed by atoms with Crippen molar-refractivity contribution in [2.45, 2.75) is 18.6 Å². The van der Waals surface area contributed by atoms with E-state index in [-0.39, 0.29) is 29.2 Å². The molecular formula is C18H18N6O5S. The molecule has 0 saturated heterocycles. The Morgan fingerprint density at radius 2 is 1.93 bits per heavy atom. The van der Waals surface area contributed by atoms with Gasteiger partial charge in [0, 0.05) is 29.6 Å². The number of rotatable bonds is 7. The first-order chi connectivity index (χ1) is 14.2. The smallest absolute Gasteiger partial charge is 0.328 e. The van der Waals surface area contributed by atoms with Crippen molar-refractivity contribution in [1.82, 2.24) is 19.7 Å². The molecular weight excluding hydrogens is 412 g/mol. The third-order valence-corrected chi connectivity index (χ3v) is 4.99. The Balaban J connectivity index is 1.59. The highest BCUT2D eigenvalue weighted by atomic mass is 32.2. The largest absolute Gasteiger partial charge is 0.416 e. The van der Waals surface area contributed by atoms with Crippen LogP contribution in [0.25, 0.3) is 0 Å². The van der Waals surface area contributed by atoms with Crippen molar-refractivity contribution in [1.29, 1.82) is 0 Å². The molecule has 0 fully saturated rings. The van der Waals surface area contributed by atoms with E-state index in [1.165, 1.54) is 19.2 Å². The molecule has 0 aliphatic heterocycles. The molecule has 12 heteroatoms. The molecule has 0 atom stereocenters. The number of amides is 2. The zero-order valence-electron chi connectivity index (χ0n) is 16.1. The van der Waals surface area contributed by atoms with Crippen LogP contribution < -0.4 is 22.3 Å². The van der Waals surface area contributed by atoms with Gasteiger partial charge in [-0.15, -0.1) is 10.2 Å². The molecule has 0 spiro atoms. The molecule has 11 nitrogen and oxygen atoms in total. The Kier molecular flexibility index (Phi) is 6.16. The highest BCUT2D eigenvalue weighted by Crippen LogP contribution is 2.18. The van der Waals surface area contributed by atoms with E-state index in [2.05, 4.69) is 20.5 Å². The topological polar surface area (TPSA) is 166 Å². The van der Waals surface area contributed by atoms with Crippen LogP contribution in [0, 0.1) is 6.92 Å². The molecule has 30 heavy (non-hydrogen) atoms. The number of aromatic amines is 1. The Morgan fingerprint density at radius 3 is 2.60 bits per heavy atom. The van der Waals surface area contributed by atoms with Crippen LogP contribution in [-0.4, -0.2) is 37.3 Å². The van der Waals surface area contributed by atoms with E-state index in [0.29, 0.717) is 22.5 Å². The summed E-state index contributed by atoms with van der Waals surface area (Å²) in [6, 6.07) is 6.16. The lowest BCUT2D eigenvalue weighted by Gasteiger charge is -2.05. The summed E-state index contributed by atoms with van der Waals surface area (Å²) in [4.78, 5) is 49.5. The summed E-state index contributed by atoms with van der Waals surface area (Å²) in [5, 5.41) is 10.6. The van der Waals surface area contributed by atoms with E-state index in [1.807, 2.05) is 0 Å². The van der Waals surface area contributed by atoms with E-state index in [4.69, 9.17) is 10.2 Å². The molecule has 4 N–H and O–H groups in total. The second-order valence-corrected chi connectivity index (χ2v) is 7.24. The normalized spacial score (nSPS) is 10.7. The maximum absolute atomic E-state index is 12.2. The van der Waals surface area contributed by atoms with Gasteiger partial charge in [0.15, 0.2) is 0 Å². The first-order valence-electron chi connectivity index (χ1n) is 8.68. The SMILES string of the molecule is Cc1[nH]c(=O)n(C)c(=O)c1Cc1nnc(SCC(=O)Nc2ccc(C(N)=O)cc2)o1. The quantitative estimate of drug-likeness (QED) is 0.447. The van der Waals surface area contributed by atoms with Crippen LogP contribution in [0.4, 0.5) is 5.69 Å². The molecule has 2 heterocycles. The molecule has 0 aliphatic rings. The van der Waals surface area contributed by atoms with Crippen molar-refractivity contribution in [2.75, 3.05) is 11.1 Å². The zero-order chi connectivity index (χ0) is 21.8. The predicted molar refractivity (Wildman–Crippen MR) is 108 cm³/mol. The van der Waals surface area contributed by atoms with Gasteiger partial charge in [-0.3, -0.25) is 19.0 Å². The van der Waals surface area contributed by atoms with Crippen LogP contribution >= 0.6 is 11.8 Å². The molecule has 0 aliphatic carbocycles. The number of nitrogens with two attached hydrogens (primary N) is 1. The number of hydrogen-bond acceptors (Lipinski definition) is 8. The molecule has 1 aromatic carbocycles. The lowest BCUT2D eigenvalue weighted by atomic mass is 10.2. The van der Waals surface area contributed by atoms with Gasteiger partial charge in [-0.2, -0.15) is 0 Å². The van der Waals surface area contributed by atoms with Crippen LogP contribution in [-0.2, 0) is 18.3 Å². The minimum Gasteiger partial charge on any atom is -0.416 e. The van der Waals surface area contributed by atoms with E-state index >= 15 is 0 Å². The number of thioether (sulfide) groups is 1. The monoisotopic (exact) mass is 430 g/mol. The standard InChI is InChI=1S/C18H18N6O5S/c1-9-12(16(27)24(2)17(28)20-9)7-14-22-23-18(29-14)30-8-13(25)21-11-5-3-10(4-6-11)15(19)26/h3-6H,7-8H2,1-2H3,(H2,19,26)(H,20,28)(H,21,25). The van der Waals surface area contributed by atoms with Crippen LogP contribution in [0.2, 0.25) is 0 Å². The highest BCUT2D eigenvalue weighted by molar-refractivity contribution is 7.99. The number of nitrogens with one attached hydrogen (secondary N) is 2. The summed E-state index contributed by atoms with van der Waals surface area (Å²) < 4.78 is 6.45. The number of anilines is 1. The lowest BCUT2D eigenvalue weighted by molar-refractivity contribution is -0.113. The van der Waals surface area contributed by atoms with Gasteiger partial charge in [0.2, 0.25) is 17.7 Å². The van der Waals surface area contributed by atoms with Crippen molar-refractivity contribution in [3.8, 4) is 0 Å². The molecule has 156 valence electrons. The Bertz CT molecular complexity index is 1210. The van der Waals surface area contributed by atoms with Crippen molar-refractivity contribution < 1.29 is 14.0 Å². The molecule has 0 unspecified atom stereocenters. The van der Waals surface area contributed by atoms with Crippen molar-refractivity contribution in [2.24, 2.45) is 12.8 Å². The fourth-order valence-electron chi connectivity index (χ4n) is 2.54. The molecule has 3 rings (SSSR count). The fraction of sp³-hybridized carbons (Fsp3) is 0.222. The number of primary amides is 1. The van der Waals surface area contributed by atoms with Crippen LogP contribution in [0.5, 0.6) is 0 Å². The van der Waals surface area contributed by atoms with Gasteiger partial charge in [0.05, 0.1) is 12.2 Å². The molecule has 0 saturated carbocycles. The van der Waals surface area contributed by atoms with Crippen molar-refractivity contribution in [3.63, 3.8) is 0 Å². The summed E-state index contributed by atoms with van der Waals surface area (Å²) in [6.07, 6.45) is 0.0568. The summed E-state index contributed by atoms with van der Waals surface area (Å²) in [5.41, 5.74) is 5.86. The number of carbonyl (C=O) groups excluding carboxylic acids is 2. The number of H-pyrrole nitrogens is 1. The van der Waals surface area contributed by atoms with Crippen LogP contribution in [0.15, 0.2) is 43.5 Å². The van der Waals surface area contributed by atoms with Crippen LogP contribution in [0.3, 0.4) is 0 Å². The molecule has 0 bridgehead atoms. The van der Waals surface area contributed by atoms with Gasteiger partial charge in [0.25, 0.3) is 10.8 Å². The van der Waals surface area contributed by atoms with E-state index in [0.717, 1.165) is 16.3 Å². The summed E-state index contributed by atoms with van der Waals surface area (Å²) in [6.45, 7) is 1.62. The Morgan fingerprint density at radius 1 is 1.23 bits per heavy atom. The third-order valence-electron chi connectivity index (χ3n) is 4.17. The third kappa shape index (κ3) is 4.84. The minimum atomic E-state index is -0.550. The average molecular weight is 430 g/mol. The highest BCUT2D eigenvalue weighted by Gasteiger charge is 2.15. The van der Waals surface area contributed by atoms with Gasteiger partial charge in [-0.05, 0) is 31.2 Å². The second-order valence-electron chi connectivity index (χ2n) is 6.31. The Labute approximate surface area is 173 Å². The maximum atomic E-state index is 12.2. The fourth-order valence-corrected chi connectivity index (χ4v) is 3.12. The maximum Gasteiger partial charge on any atom is 0.328 e. The number of aromatic nitrogens is 4. The number of benzene rings is 1. The lowest BCUT2D eigenvalue weighted by Crippen LogP contribution is -2.36. The first kappa shape index (κ1) is 21.0. The molecule has 3 aromatic rings. The van der Waals surface area contributed by atoms with Gasteiger partial charge >= 0.3 is 5.69 Å². The van der Waals surface area contributed by atoms with E-state index < -0.39 is 17.2 Å². The number of aryl methyl sites for hydroxylation is 1. The summed E-state index contributed by atoms with van der Waals surface area (Å²) >= 11 is 1.03. The Hall–Kier alpha value is -3.67. The predicted octanol–water partition coefficient (Wildman–Crippen LogP) is 0.186. The minimum absolute atomic E-state index is 0.0126. The van der Waals surface area contributed by atoms with Gasteiger partial charge in [-0.25, -0.2) is 4.79 Å². The van der Waals surface area contributed by atoms with Crippen molar-refractivity contribution in [3.05, 3.63) is 67.8 Å². The summed E-state index contributed by atoms with van der Waals surface area (Å²) in [7, 11) is 1.37. The van der Waals surface area contributed by atoms with Crippen molar-refractivity contribution >= 4 is 29.3 Å². The van der Waals surface area contributed by atoms with E-state index in [1.54, 1.807) is 19.1 Å². The summed E-state index contributed by atoms with van der Waals surface area (Å²) in [5.74, 6) is -0.659.